The van der Waals surface area contributed by atoms with E-state index in [0.717, 1.165) is 43.9 Å². The Kier molecular flexibility index (Phi) is 6.02. The number of carbonyl (C=O) groups is 2. The van der Waals surface area contributed by atoms with Crippen molar-refractivity contribution in [1.29, 1.82) is 0 Å². The van der Waals surface area contributed by atoms with Crippen molar-refractivity contribution in [1.82, 2.24) is 15.1 Å². The van der Waals surface area contributed by atoms with Gasteiger partial charge in [-0.1, -0.05) is 30.3 Å². The van der Waals surface area contributed by atoms with Gasteiger partial charge in [-0.05, 0) is 55.2 Å². The standard InChI is InChI=1S/C26H26N4O3/c31-25(18-33-22-11-9-20(10-12-22)26(32)19-5-2-1-3-6-19)30-15-13-29(14-16-30)24-17-21-7-4-8-23(21)27-28-24/h1-3,5-6,9-12,17H,4,7-8,13-16,18H2. The van der Waals surface area contributed by atoms with Crippen LogP contribution in [-0.4, -0.2) is 59.6 Å². The van der Waals surface area contributed by atoms with Gasteiger partial charge in [0.25, 0.3) is 5.91 Å². The second-order valence-corrected chi connectivity index (χ2v) is 8.40. The first-order chi connectivity index (χ1) is 16.2. The molecule has 168 valence electrons. The molecule has 2 aliphatic rings. The fourth-order valence-electron chi connectivity index (χ4n) is 4.35. The number of aryl methyl sites for hydroxylation is 2. The molecule has 1 amide bonds. The van der Waals surface area contributed by atoms with E-state index in [9.17, 15) is 9.59 Å². The number of anilines is 1. The number of piperazine rings is 1. The molecule has 1 aliphatic carbocycles. The molecule has 0 spiro atoms. The van der Waals surface area contributed by atoms with Crippen LogP contribution >= 0.6 is 0 Å². The first kappa shape index (κ1) is 21.1. The van der Waals surface area contributed by atoms with E-state index in [1.165, 1.54) is 5.56 Å². The van der Waals surface area contributed by atoms with E-state index in [1.807, 2.05) is 23.1 Å². The quantitative estimate of drug-likeness (QED) is 0.547. The highest BCUT2D eigenvalue weighted by Crippen LogP contribution is 2.23. The van der Waals surface area contributed by atoms with E-state index in [1.54, 1.807) is 36.4 Å². The first-order valence-corrected chi connectivity index (χ1v) is 11.4. The number of amides is 1. The third-order valence-electron chi connectivity index (χ3n) is 6.28. The van der Waals surface area contributed by atoms with Gasteiger partial charge in [-0.15, -0.1) is 5.10 Å². The molecule has 0 atom stereocenters. The lowest BCUT2D eigenvalue weighted by Gasteiger charge is -2.35. The Balaban J connectivity index is 1.11. The third kappa shape index (κ3) is 4.72. The molecule has 2 heterocycles. The van der Waals surface area contributed by atoms with Crippen molar-refractivity contribution in [2.75, 3.05) is 37.7 Å². The predicted molar refractivity (Wildman–Crippen MR) is 125 cm³/mol. The van der Waals surface area contributed by atoms with Crippen molar-refractivity contribution >= 4 is 17.5 Å². The summed E-state index contributed by atoms with van der Waals surface area (Å²) in [6.45, 7) is 2.70. The number of nitrogens with zero attached hydrogens (tertiary/aromatic N) is 4. The summed E-state index contributed by atoms with van der Waals surface area (Å²) in [7, 11) is 0. The van der Waals surface area contributed by atoms with Gasteiger partial charge in [0.1, 0.15) is 5.75 Å². The molecule has 0 bridgehead atoms. The topological polar surface area (TPSA) is 75.6 Å². The second-order valence-electron chi connectivity index (χ2n) is 8.40. The number of ether oxygens (including phenoxy) is 1. The van der Waals surface area contributed by atoms with Gasteiger partial charge < -0.3 is 14.5 Å². The molecule has 3 aromatic rings. The second kappa shape index (κ2) is 9.40. The molecule has 1 aromatic heterocycles. The van der Waals surface area contributed by atoms with Gasteiger partial charge in [0.15, 0.2) is 18.2 Å². The number of hydrogen-bond donors (Lipinski definition) is 0. The summed E-state index contributed by atoms with van der Waals surface area (Å²) in [5, 5.41) is 8.75. The minimum absolute atomic E-state index is 0.0232. The molecule has 1 saturated heterocycles. The lowest BCUT2D eigenvalue weighted by Crippen LogP contribution is -2.50. The van der Waals surface area contributed by atoms with E-state index < -0.39 is 0 Å². The molecule has 0 radical (unpaired) electrons. The number of hydrogen-bond acceptors (Lipinski definition) is 6. The Morgan fingerprint density at radius 3 is 2.33 bits per heavy atom. The van der Waals surface area contributed by atoms with Crippen molar-refractivity contribution in [2.45, 2.75) is 19.3 Å². The summed E-state index contributed by atoms with van der Waals surface area (Å²) in [6.07, 6.45) is 3.26. The zero-order valence-electron chi connectivity index (χ0n) is 18.4. The summed E-state index contributed by atoms with van der Waals surface area (Å²) < 4.78 is 5.68. The fraction of sp³-hybridized carbons (Fsp3) is 0.308. The molecule has 1 fully saturated rings. The Morgan fingerprint density at radius 2 is 1.58 bits per heavy atom. The average molecular weight is 443 g/mol. The van der Waals surface area contributed by atoms with Gasteiger partial charge >= 0.3 is 0 Å². The van der Waals surface area contributed by atoms with Gasteiger partial charge in [0, 0.05) is 37.3 Å². The number of fused-ring (bicyclic) bond motifs is 1. The summed E-state index contributed by atoms with van der Waals surface area (Å²) in [4.78, 5) is 29.1. The normalized spacial score (nSPS) is 15.3. The summed E-state index contributed by atoms with van der Waals surface area (Å²) in [5.41, 5.74) is 3.67. The monoisotopic (exact) mass is 442 g/mol. The molecule has 0 saturated carbocycles. The van der Waals surface area contributed by atoms with Gasteiger partial charge in [-0.25, -0.2) is 0 Å². The lowest BCUT2D eigenvalue weighted by atomic mass is 10.0. The maximum absolute atomic E-state index is 12.6. The highest BCUT2D eigenvalue weighted by Gasteiger charge is 2.24. The average Bonchev–Trinajstić information content (AvgIpc) is 3.36. The molecule has 5 rings (SSSR count). The SMILES string of the molecule is O=C(c1ccccc1)c1ccc(OCC(=O)N2CCN(c3cc4c(nn3)CCC4)CC2)cc1. The van der Waals surface area contributed by atoms with Crippen LogP contribution in [0.1, 0.15) is 33.6 Å². The van der Waals surface area contributed by atoms with E-state index >= 15 is 0 Å². The molecular weight excluding hydrogens is 416 g/mol. The van der Waals surface area contributed by atoms with Gasteiger partial charge in [-0.2, -0.15) is 5.10 Å². The highest BCUT2D eigenvalue weighted by atomic mass is 16.5. The fourth-order valence-corrected chi connectivity index (χ4v) is 4.35. The number of rotatable bonds is 6. The van der Waals surface area contributed by atoms with Crippen LogP contribution in [0.25, 0.3) is 0 Å². The molecule has 7 nitrogen and oxygen atoms in total. The van der Waals surface area contributed by atoms with Gasteiger partial charge in [-0.3, -0.25) is 9.59 Å². The Morgan fingerprint density at radius 1 is 0.848 bits per heavy atom. The Labute approximate surface area is 193 Å². The zero-order chi connectivity index (χ0) is 22.6. The number of benzene rings is 2. The summed E-state index contributed by atoms with van der Waals surface area (Å²) in [5.74, 6) is 1.40. The van der Waals surface area contributed by atoms with E-state index in [-0.39, 0.29) is 18.3 Å². The van der Waals surface area contributed by atoms with Crippen molar-refractivity contribution in [3.05, 3.63) is 83.0 Å². The van der Waals surface area contributed by atoms with Gasteiger partial charge in [0.2, 0.25) is 0 Å². The molecule has 0 N–H and O–H groups in total. The van der Waals surface area contributed by atoms with Crippen LogP contribution in [-0.2, 0) is 17.6 Å². The highest BCUT2D eigenvalue weighted by molar-refractivity contribution is 6.08. The number of carbonyl (C=O) groups excluding carboxylic acids is 2. The number of aromatic nitrogens is 2. The molecule has 2 aromatic carbocycles. The van der Waals surface area contributed by atoms with Gasteiger partial charge in [0.05, 0.1) is 5.69 Å². The van der Waals surface area contributed by atoms with E-state index in [4.69, 9.17) is 4.74 Å². The van der Waals surface area contributed by atoms with Crippen LogP contribution < -0.4 is 9.64 Å². The van der Waals surface area contributed by atoms with Crippen molar-refractivity contribution in [2.24, 2.45) is 0 Å². The Bertz CT molecular complexity index is 1140. The lowest BCUT2D eigenvalue weighted by molar-refractivity contribution is -0.133. The van der Waals surface area contributed by atoms with Crippen molar-refractivity contribution in [3.8, 4) is 5.75 Å². The van der Waals surface area contributed by atoms with Crippen molar-refractivity contribution in [3.63, 3.8) is 0 Å². The Hall–Kier alpha value is -3.74. The number of ketones is 1. The smallest absolute Gasteiger partial charge is 0.260 e. The maximum atomic E-state index is 12.6. The van der Waals surface area contributed by atoms with Crippen LogP contribution in [0.3, 0.4) is 0 Å². The first-order valence-electron chi connectivity index (χ1n) is 11.4. The minimum atomic E-state index is -0.0425. The van der Waals surface area contributed by atoms with Crippen LogP contribution in [0.5, 0.6) is 5.75 Å². The van der Waals surface area contributed by atoms with Crippen LogP contribution in [0.4, 0.5) is 5.82 Å². The molecule has 0 unspecified atom stereocenters. The van der Waals surface area contributed by atoms with Crippen molar-refractivity contribution < 1.29 is 14.3 Å². The van der Waals surface area contributed by atoms with E-state index in [0.29, 0.717) is 30.0 Å². The molecule has 7 heteroatoms. The van der Waals surface area contributed by atoms with Crippen LogP contribution in [0.2, 0.25) is 0 Å². The molecule has 1 aliphatic heterocycles. The summed E-state index contributed by atoms with van der Waals surface area (Å²) in [6, 6.07) is 18.2. The maximum Gasteiger partial charge on any atom is 0.260 e. The minimum Gasteiger partial charge on any atom is -0.484 e. The predicted octanol–water partition coefficient (Wildman–Crippen LogP) is 2.92. The van der Waals surface area contributed by atoms with Crippen LogP contribution in [0.15, 0.2) is 60.7 Å². The summed E-state index contributed by atoms with van der Waals surface area (Å²) >= 11 is 0. The molecular formula is C26H26N4O3. The van der Waals surface area contributed by atoms with Crippen LogP contribution in [0, 0.1) is 0 Å². The molecule has 33 heavy (non-hydrogen) atoms. The largest absolute Gasteiger partial charge is 0.484 e. The third-order valence-corrected chi connectivity index (χ3v) is 6.28. The van der Waals surface area contributed by atoms with E-state index in [2.05, 4.69) is 21.2 Å². The zero-order valence-corrected chi connectivity index (χ0v) is 18.4.